The van der Waals surface area contributed by atoms with Gasteiger partial charge in [0.1, 0.15) is 0 Å². The molecule has 0 aliphatic rings. The van der Waals surface area contributed by atoms with Crippen molar-refractivity contribution >= 4 is 29.3 Å². The average Bonchev–Trinajstić information content (AvgIpc) is 3.01. The molecule has 5 heteroatoms. The average molecular weight is 344 g/mol. The van der Waals surface area contributed by atoms with E-state index in [4.69, 9.17) is 14.2 Å². The Morgan fingerprint density at radius 2 is 1.62 bits per heavy atom. The fraction of sp³-hybridized carbons (Fsp3) is 0.211. The van der Waals surface area contributed by atoms with Crippen molar-refractivity contribution in [2.75, 3.05) is 21.3 Å². The van der Waals surface area contributed by atoms with Crippen LogP contribution in [0, 0.1) is 6.92 Å². The molecule has 0 N–H and O–H groups in total. The van der Waals surface area contributed by atoms with E-state index in [2.05, 4.69) is 0 Å². The highest BCUT2D eigenvalue weighted by Crippen LogP contribution is 2.38. The second-order valence-corrected chi connectivity index (χ2v) is 5.94. The zero-order chi connectivity index (χ0) is 17.5. The highest BCUT2D eigenvalue weighted by atomic mass is 32.1. The van der Waals surface area contributed by atoms with Crippen molar-refractivity contribution in [2.45, 2.75) is 6.92 Å². The Bertz CT molecular complexity index is 746. The molecule has 1 heterocycles. The molecule has 0 fully saturated rings. The lowest BCUT2D eigenvalue weighted by Crippen LogP contribution is -1.95. The normalized spacial score (nSPS) is 11.2. The fourth-order valence-electron chi connectivity index (χ4n) is 2.14. The minimum Gasteiger partial charge on any atom is -0.493 e. The number of benzene rings is 1. The Hall–Kier alpha value is -2.53. The van der Waals surface area contributed by atoms with Gasteiger partial charge in [0.25, 0.3) is 0 Å². The smallest absolute Gasteiger partial charge is 0.203 e. The Morgan fingerprint density at radius 3 is 2.12 bits per heavy atom. The van der Waals surface area contributed by atoms with Gasteiger partial charge in [0.05, 0.1) is 21.3 Å². The van der Waals surface area contributed by atoms with Crippen molar-refractivity contribution in [3.63, 3.8) is 0 Å². The van der Waals surface area contributed by atoms with E-state index < -0.39 is 0 Å². The standard InChI is InChI=1S/C19H20O4S/c1-13-9-10-24-18(13)8-7-15(20)6-5-14-11-16(21-2)19(23-4)17(12-14)22-3/h5-12H,1-4H3/b6-5+,8-7+. The number of hydrogen-bond acceptors (Lipinski definition) is 5. The number of carbonyl (C=O) groups is 1. The Labute approximate surface area is 146 Å². The van der Waals surface area contributed by atoms with Crippen LogP contribution < -0.4 is 14.2 Å². The summed E-state index contributed by atoms with van der Waals surface area (Å²) in [5.74, 6) is 1.54. The summed E-state index contributed by atoms with van der Waals surface area (Å²) in [5, 5.41) is 2.01. The van der Waals surface area contributed by atoms with E-state index >= 15 is 0 Å². The van der Waals surface area contributed by atoms with Crippen molar-refractivity contribution < 1.29 is 19.0 Å². The van der Waals surface area contributed by atoms with Gasteiger partial charge in [0.15, 0.2) is 17.3 Å². The van der Waals surface area contributed by atoms with Gasteiger partial charge >= 0.3 is 0 Å². The molecule has 0 bridgehead atoms. The van der Waals surface area contributed by atoms with E-state index in [1.54, 1.807) is 57.0 Å². The minimum absolute atomic E-state index is 0.0865. The predicted octanol–water partition coefficient (Wildman–Crippen LogP) is 4.38. The molecule has 1 aromatic heterocycles. The van der Waals surface area contributed by atoms with Gasteiger partial charge in [-0.3, -0.25) is 4.79 Å². The predicted molar refractivity (Wildman–Crippen MR) is 98.2 cm³/mol. The molecule has 0 spiro atoms. The number of thiophene rings is 1. The molecule has 0 amide bonds. The summed E-state index contributed by atoms with van der Waals surface area (Å²) >= 11 is 1.61. The number of ketones is 1. The van der Waals surface area contributed by atoms with Gasteiger partial charge in [0, 0.05) is 4.88 Å². The van der Waals surface area contributed by atoms with Crippen molar-refractivity contribution in [3.8, 4) is 17.2 Å². The second-order valence-electron chi connectivity index (χ2n) is 5.00. The van der Waals surface area contributed by atoms with E-state index in [-0.39, 0.29) is 5.78 Å². The molecular weight excluding hydrogens is 324 g/mol. The van der Waals surface area contributed by atoms with Crippen LogP contribution in [0.3, 0.4) is 0 Å². The zero-order valence-corrected chi connectivity index (χ0v) is 15.0. The molecule has 1 aromatic carbocycles. The lowest BCUT2D eigenvalue weighted by molar-refractivity contribution is -0.110. The number of ether oxygens (including phenoxy) is 3. The first kappa shape index (κ1) is 17.8. The van der Waals surface area contributed by atoms with Crippen LogP contribution in [0.1, 0.15) is 16.0 Å². The summed E-state index contributed by atoms with van der Waals surface area (Å²) in [4.78, 5) is 13.1. The number of methoxy groups -OCH3 is 3. The lowest BCUT2D eigenvalue weighted by Gasteiger charge is -2.12. The zero-order valence-electron chi connectivity index (χ0n) is 14.2. The Kier molecular flexibility index (Phi) is 6.21. The van der Waals surface area contributed by atoms with Crippen LogP contribution in [-0.2, 0) is 4.79 Å². The Morgan fingerprint density at radius 1 is 1.00 bits per heavy atom. The van der Waals surface area contributed by atoms with Crippen molar-refractivity contribution in [1.29, 1.82) is 0 Å². The highest BCUT2D eigenvalue weighted by molar-refractivity contribution is 7.11. The van der Waals surface area contributed by atoms with Gasteiger partial charge in [0.2, 0.25) is 5.75 Å². The maximum absolute atomic E-state index is 12.0. The van der Waals surface area contributed by atoms with Gasteiger partial charge in [-0.2, -0.15) is 0 Å². The molecule has 0 saturated carbocycles. The number of hydrogen-bond donors (Lipinski definition) is 0. The molecular formula is C19H20O4S. The molecule has 2 aromatic rings. The van der Waals surface area contributed by atoms with Gasteiger partial charge in [-0.05, 0) is 59.9 Å². The highest BCUT2D eigenvalue weighted by Gasteiger charge is 2.12. The van der Waals surface area contributed by atoms with E-state index in [1.807, 2.05) is 24.4 Å². The SMILES string of the molecule is COc1cc(/C=C/C(=O)/C=C/c2sccc2C)cc(OC)c1OC. The van der Waals surface area contributed by atoms with E-state index in [0.29, 0.717) is 17.2 Å². The number of carbonyl (C=O) groups excluding carboxylic acids is 1. The van der Waals surface area contributed by atoms with E-state index in [1.165, 1.54) is 6.08 Å². The quantitative estimate of drug-likeness (QED) is 0.699. The number of rotatable bonds is 7. The van der Waals surface area contributed by atoms with E-state index in [0.717, 1.165) is 16.0 Å². The summed E-state index contributed by atoms with van der Waals surface area (Å²) in [6.07, 6.45) is 6.63. The molecule has 0 aliphatic carbocycles. The fourth-order valence-corrected chi connectivity index (χ4v) is 2.96. The molecule has 0 saturated heterocycles. The van der Waals surface area contributed by atoms with Crippen molar-refractivity contribution in [1.82, 2.24) is 0 Å². The second kappa shape index (κ2) is 8.36. The maximum atomic E-state index is 12.0. The first-order chi connectivity index (χ1) is 11.6. The van der Waals surface area contributed by atoms with Crippen LogP contribution in [0.25, 0.3) is 12.2 Å². The molecule has 4 nitrogen and oxygen atoms in total. The molecule has 0 aliphatic heterocycles. The van der Waals surface area contributed by atoms with Crippen LogP contribution >= 0.6 is 11.3 Å². The minimum atomic E-state index is -0.0865. The van der Waals surface area contributed by atoms with Gasteiger partial charge < -0.3 is 14.2 Å². The van der Waals surface area contributed by atoms with Crippen molar-refractivity contribution in [3.05, 3.63) is 51.7 Å². The van der Waals surface area contributed by atoms with Crippen LogP contribution in [-0.4, -0.2) is 27.1 Å². The Balaban J connectivity index is 2.17. The first-order valence-corrected chi connectivity index (χ1v) is 8.21. The van der Waals surface area contributed by atoms with Crippen LogP contribution in [0.15, 0.2) is 35.7 Å². The summed E-state index contributed by atoms with van der Waals surface area (Å²) in [6, 6.07) is 5.61. The monoisotopic (exact) mass is 344 g/mol. The summed E-state index contributed by atoms with van der Waals surface area (Å²) in [7, 11) is 4.67. The van der Waals surface area contributed by atoms with Crippen molar-refractivity contribution in [2.24, 2.45) is 0 Å². The third-order valence-corrected chi connectivity index (χ3v) is 4.41. The molecule has 0 atom stereocenters. The molecule has 0 radical (unpaired) electrons. The van der Waals surface area contributed by atoms with Gasteiger partial charge in [-0.1, -0.05) is 6.08 Å². The third kappa shape index (κ3) is 4.26. The molecule has 24 heavy (non-hydrogen) atoms. The molecule has 126 valence electrons. The van der Waals surface area contributed by atoms with Crippen LogP contribution in [0.4, 0.5) is 0 Å². The molecule has 0 unspecified atom stereocenters. The maximum Gasteiger partial charge on any atom is 0.203 e. The number of allylic oxidation sites excluding steroid dienone is 2. The van der Waals surface area contributed by atoms with Crippen LogP contribution in [0.2, 0.25) is 0 Å². The first-order valence-electron chi connectivity index (χ1n) is 7.33. The van der Waals surface area contributed by atoms with E-state index in [9.17, 15) is 4.79 Å². The summed E-state index contributed by atoms with van der Waals surface area (Å²) < 4.78 is 15.9. The number of aryl methyl sites for hydroxylation is 1. The largest absolute Gasteiger partial charge is 0.493 e. The summed E-state index contributed by atoms with van der Waals surface area (Å²) in [5.41, 5.74) is 1.95. The molecule has 2 rings (SSSR count). The van der Waals surface area contributed by atoms with Gasteiger partial charge in [-0.25, -0.2) is 0 Å². The lowest BCUT2D eigenvalue weighted by atomic mass is 10.1. The van der Waals surface area contributed by atoms with Crippen LogP contribution in [0.5, 0.6) is 17.2 Å². The third-order valence-electron chi connectivity index (χ3n) is 3.43. The summed E-state index contributed by atoms with van der Waals surface area (Å²) in [6.45, 7) is 2.02. The topological polar surface area (TPSA) is 44.8 Å². The van der Waals surface area contributed by atoms with Gasteiger partial charge in [-0.15, -0.1) is 11.3 Å².